The maximum absolute atomic E-state index is 12.4. The molecule has 1 aromatic carbocycles. The minimum absolute atomic E-state index is 0. The first-order valence-electron chi connectivity index (χ1n) is 6.96. The van der Waals surface area contributed by atoms with Gasteiger partial charge < -0.3 is 15.5 Å². The van der Waals surface area contributed by atoms with Gasteiger partial charge in [0.05, 0.1) is 5.92 Å². The molecule has 0 radical (unpaired) electrons. The van der Waals surface area contributed by atoms with Crippen molar-refractivity contribution >= 4 is 41.5 Å². The van der Waals surface area contributed by atoms with Crippen molar-refractivity contribution in [2.24, 2.45) is 11.7 Å². The fourth-order valence-corrected chi connectivity index (χ4v) is 2.53. The number of hydrogen-bond donors (Lipinski definition) is 1. The zero-order valence-corrected chi connectivity index (χ0v) is 14.2. The predicted octanol–water partition coefficient (Wildman–Crippen LogP) is 1.92. The summed E-state index contributed by atoms with van der Waals surface area (Å²) in [5.41, 5.74) is 6.36. The highest BCUT2D eigenvalue weighted by molar-refractivity contribution is 6.30. The van der Waals surface area contributed by atoms with Crippen molar-refractivity contribution in [1.82, 2.24) is 4.90 Å². The molecule has 2 atom stereocenters. The largest absolute Gasteiger partial charge is 0.341 e. The smallest absolute Gasteiger partial charge is 0.228 e. The van der Waals surface area contributed by atoms with Gasteiger partial charge in [-0.3, -0.25) is 9.59 Å². The van der Waals surface area contributed by atoms with Crippen LogP contribution in [0.25, 0.3) is 0 Å². The van der Waals surface area contributed by atoms with Crippen LogP contribution in [0.2, 0.25) is 5.02 Å². The van der Waals surface area contributed by atoms with Crippen LogP contribution in [0, 0.1) is 5.92 Å². The van der Waals surface area contributed by atoms with Crippen LogP contribution in [0.3, 0.4) is 0 Å². The van der Waals surface area contributed by atoms with E-state index in [2.05, 4.69) is 0 Å². The Balaban J connectivity index is 0.00000242. The topological polar surface area (TPSA) is 66.6 Å². The highest BCUT2D eigenvalue weighted by atomic mass is 35.5. The first kappa shape index (κ1) is 18.7. The molecule has 1 fully saturated rings. The molecule has 1 aliphatic rings. The molecule has 2 amide bonds. The van der Waals surface area contributed by atoms with E-state index >= 15 is 0 Å². The summed E-state index contributed by atoms with van der Waals surface area (Å²) in [6.45, 7) is 2.70. The van der Waals surface area contributed by atoms with Crippen LogP contribution < -0.4 is 10.6 Å². The van der Waals surface area contributed by atoms with E-state index in [1.54, 1.807) is 41.1 Å². The average molecular weight is 346 g/mol. The zero-order valence-electron chi connectivity index (χ0n) is 12.7. The summed E-state index contributed by atoms with van der Waals surface area (Å²) < 4.78 is 0. The van der Waals surface area contributed by atoms with Gasteiger partial charge in [0.15, 0.2) is 0 Å². The highest BCUT2D eigenvalue weighted by Crippen LogP contribution is 2.27. The second-order valence-electron chi connectivity index (χ2n) is 5.42. The average Bonchev–Trinajstić information content (AvgIpc) is 2.87. The molecular formula is C15H21Cl2N3O2. The number of benzene rings is 1. The third kappa shape index (κ3) is 3.91. The van der Waals surface area contributed by atoms with Crippen LogP contribution in [-0.2, 0) is 9.59 Å². The maximum Gasteiger partial charge on any atom is 0.228 e. The van der Waals surface area contributed by atoms with Crippen molar-refractivity contribution in [1.29, 1.82) is 0 Å². The van der Waals surface area contributed by atoms with E-state index < -0.39 is 0 Å². The van der Waals surface area contributed by atoms with Crippen LogP contribution >= 0.6 is 24.0 Å². The number of nitrogens with two attached hydrogens (primary N) is 1. The van der Waals surface area contributed by atoms with Crippen molar-refractivity contribution in [3.63, 3.8) is 0 Å². The van der Waals surface area contributed by atoms with Gasteiger partial charge in [0, 0.05) is 43.3 Å². The highest BCUT2D eigenvalue weighted by Gasteiger charge is 2.37. The van der Waals surface area contributed by atoms with Gasteiger partial charge in [0.2, 0.25) is 11.8 Å². The number of halogens is 2. The number of anilines is 1. The minimum atomic E-state index is -0.313. The molecule has 1 heterocycles. The Morgan fingerprint density at radius 2 is 2.05 bits per heavy atom. The van der Waals surface area contributed by atoms with Crippen LogP contribution in [0.15, 0.2) is 24.3 Å². The van der Waals surface area contributed by atoms with E-state index in [9.17, 15) is 9.59 Å². The second-order valence-corrected chi connectivity index (χ2v) is 5.85. The lowest BCUT2D eigenvalue weighted by Crippen LogP contribution is -2.43. The molecule has 22 heavy (non-hydrogen) atoms. The fourth-order valence-electron chi connectivity index (χ4n) is 2.41. The summed E-state index contributed by atoms with van der Waals surface area (Å²) in [6.07, 6.45) is 0.239. The number of likely N-dealkylation sites (N-methyl/N-ethyl adjacent to an activating group) is 1. The second kappa shape index (κ2) is 7.81. The first-order valence-corrected chi connectivity index (χ1v) is 7.34. The molecule has 2 rings (SSSR count). The van der Waals surface area contributed by atoms with E-state index in [0.29, 0.717) is 18.1 Å². The standard InChI is InChI=1S/C15H20ClN3O2.ClH/c1-10(8-17)18(2)15(21)11-7-14(20)19(9-11)13-5-3-12(16)4-6-13;/h3-6,10-11H,7-9,17H2,1-2H3;1H. The lowest BCUT2D eigenvalue weighted by molar-refractivity contribution is -0.136. The Morgan fingerprint density at radius 1 is 1.45 bits per heavy atom. The first-order chi connectivity index (χ1) is 9.93. The predicted molar refractivity (Wildman–Crippen MR) is 90.4 cm³/mol. The molecule has 7 heteroatoms. The molecule has 0 bridgehead atoms. The molecule has 2 unspecified atom stereocenters. The third-order valence-electron chi connectivity index (χ3n) is 3.96. The van der Waals surface area contributed by atoms with Crippen molar-refractivity contribution in [2.45, 2.75) is 19.4 Å². The molecule has 1 aliphatic heterocycles. The monoisotopic (exact) mass is 345 g/mol. The van der Waals surface area contributed by atoms with Crippen LogP contribution in [0.1, 0.15) is 13.3 Å². The van der Waals surface area contributed by atoms with Gasteiger partial charge in [0.1, 0.15) is 0 Å². The Labute approximate surface area is 141 Å². The quantitative estimate of drug-likeness (QED) is 0.906. The molecule has 0 spiro atoms. The van der Waals surface area contributed by atoms with Crippen LogP contribution in [-0.4, -0.2) is 42.9 Å². The van der Waals surface area contributed by atoms with Gasteiger partial charge in [-0.05, 0) is 31.2 Å². The van der Waals surface area contributed by atoms with Crippen molar-refractivity contribution in [2.75, 3.05) is 25.0 Å². The molecule has 2 N–H and O–H groups in total. The van der Waals surface area contributed by atoms with E-state index in [1.165, 1.54) is 0 Å². The van der Waals surface area contributed by atoms with Crippen LogP contribution in [0.4, 0.5) is 5.69 Å². The van der Waals surface area contributed by atoms with Crippen LogP contribution in [0.5, 0.6) is 0 Å². The summed E-state index contributed by atoms with van der Waals surface area (Å²) in [4.78, 5) is 27.8. The van der Waals surface area contributed by atoms with Gasteiger partial charge in [-0.15, -0.1) is 12.4 Å². The normalized spacial score (nSPS) is 18.8. The van der Waals surface area contributed by atoms with Gasteiger partial charge in [-0.2, -0.15) is 0 Å². The van der Waals surface area contributed by atoms with E-state index in [1.807, 2.05) is 6.92 Å². The van der Waals surface area contributed by atoms with Gasteiger partial charge in [-0.25, -0.2) is 0 Å². The Hall–Kier alpha value is -1.30. The molecule has 122 valence electrons. The van der Waals surface area contributed by atoms with Crippen molar-refractivity contribution in [3.05, 3.63) is 29.3 Å². The van der Waals surface area contributed by atoms with Gasteiger partial charge >= 0.3 is 0 Å². The van der Waals surface area contributed by atoms with Crippen molar-refractivity contribution < 1.29 is 9.59 Å². The Kier molecular flexibility index (Phi) is 6.66. The molecule has 0 aromatic heterocycles. The Morgan fingerprint density at radius 3 is 2.59 bits per heavy atom. The van der Waals surface area contributed by atoms with Crippen molar-refractivity contribution in [3.8, 4) is 0 Å². The molecule has 0 aliphatic carbocycles. The van der Waals surface area contributed by atoms with E-state index in [-0.39, 0.29) is 42.6 Å². The van der Waals surface area contributed by atoms with Gasteiger partial charge in [-0.1, -0.05) is 11.6 Å². The minimum Gasteiger partial charge on any atom is -0.341 e. The molecule has 0 saturated carbocycles. The number of amides is 2. The zero-order chi connectivity index (χ0) is 15.6. The maximum atomic E-state index is 12.4. The summed E-state index contributed by atoms with van der Waals surface area (Å²) in [5, 5.41) is 0.620. The fraction of sp³-hybridized carbons (Fsp3) is 0.467. The SMILES string of the molecule is CC(CN)N(C)C(=O)C1CC(=O)N(c2ccc(Cl)cc2)C1.Cl. The summed E-state index contributed by atoms with van der Waals surface area (Å²) in [7, 11) is 1.73. The third-order valence-corrected chi connectivity index (χ3v) is 4.21. The molecule has 5 nitrogen and oxygen atoms in total. The summed E-state index contributed by atoms with van der Waals surface area (Å²) in [5.74, 6) is -0.380. The lowest BCUT2D eigenvalue weighted by atomic mass is 10.1. The van der Waals surface area contributed by atoms with Gasteiger partial charge in [0.25, 0.3) is 0 Å². The van der Waals surface area contributed by atoms with E-state index in [0.717, 1.165) is 5.69 Å². The lowest BCUT2D eigenvalue weighted by Gasteiger charge is -2.26. The number of nitrogens with zero attached hydrogens (tertiary/aromatic N) is 2. The summed E-state index contributed by atoms with van der Waals surface area (Å²) in [6, 6.07) is 7.03. The number of carbonyl (C=O) groups excluding carboxylic acids is 2. The summed E-state index contributed by atoms with van der Waals surface area (Å²) >= 11 is 5.85. The molecule has 1 saturated heterocycles. The van der Waals surface area contributed by atoms with E-state index in [4.69, 9.17) is 17.3 Å². The number of hydrogen-bond acceptors (Lipinski definition) is 3. The Bertz CT molecular complexity index is 536. The number of rotatable bonds is 4. The molecular weight excluding hydrogens is 325 g/mol. The number of carbonyl (C=O) groups is 2. The molecule has 1 aromatic rings.